The molecule has 23 heavy (non-hydrogen) atoms. The Morgan fingerprint density at radius 1 is 1.30 bits per heavy atom. The van der Waals surface area contributed by atoms with Crippen molar-refractivity contribution in [2.75, 3.05) is 46.6 Å². The molecule has 1 aliphatic heterocycles. The van der Waals surface area contributed by atoms with Crippen molar-refractivity contribution in [2.24, 2.45) is 21.7 Å². The fourth-order valence-corrected chi connectivity index (χ4v) is 2.16. The summed E-state index contributed by atoms with van der Waals surface area (Å²) < 4.78 is 16.5. The van der Waals surface area contributed by atoms with Crippen molar-refractivity contribution in [3.8, 4) is 11.5 Å². The minimum absolute atomic E-state index is 0.0863. The van der Waals surface area contributed by atoms with Gasteiger partial charge in [-0.2, -0.15) is 5.10 Å². The van der Waals surface area contributed by atoms with Gasteiger partial charge in [-0.25, -0.2) is 0 Å². The van der Waals surface area contributed by atoms with Crippen molar-refractivity contribution in [2.45, 2.75) is 0 Å². The van der Waals surface area contributed by atoms with E-state index < -0.39 is 0 Å². The number of benzene rings is 1. The van der Waals surface area contributed by atoms with E-state index in [9.17, 15) is 0 Å². The van der Waals surface area contributed by atoms with Crippen LogP contribution in [0, 0.1) is 0 Å². The Kier molecular flexibility index (Phi) is 6.64. The van der Waals surface area contributed by atoms with Crippen LogP contribution in [0.1, 0.15) is 5.56 Å². The molecule has 1 heterocycles. The van der Waals surface area contributed by atoms with Crippen molar-refractivity contribution in [3.05, 3.63) is 23.8 Å². The Bertz CT molecular complexity index is 552. The quantitative estimate of drug-likeness (QED) is 0.416. The summed E-state index contributed by atoms with van der Waals surface area (Å²) >= 11 is 0. The molecular formula is C15H23N5O3. The fourth-order valence-electron chi connectivity index (χ4n) is 2.16. The van der Waals surface area contributed by atoms with Crippen LogP contribution in [0.2, 0.25) is 0 Å². The molecule has 1 saturated heterocycles. The molecule has 0 atom stereocenters. The lowest BCUT2D eigenvalue weighted by atomic mass is 10.2. The first-order valence-electron chi connectivity index (χ1n) is 7.42. The predicted octanol–water partition coefficient (Wildman–Crippen LogP) is 0.0135. The van der Waals surface area contributed by atoms with Gasteiger partial charge in [0.15, 0.2) is 11.5 Å². The maximum absolute atomic E-state index is 5.84. The van der Waals surface area contributed by atoms with E-state index in [2.05, 4.69) is 15.1 Å². The van der Waals surface area contributed by atoms with E-state index in [1.54, 1.807) is 13.3 Å². The summed E-state index contributed by atoms with van der Waals surface area (Å²) in [6.45, 7) is 4.85. The molecule has 126 valence electrons. The Morgan fingerprint density at radius 2 is 2.09 bits per heavy atom. The molecule has 1 aromatic carbocycles. The molecule has 4 N–H and O–H groups in total. The largest absolute Gasteiger partial charge is 0.493 e. The van der Waals surface area contributed by atoms with Gasteiger partial charge in [-0.3, -0.25) is 4.90 Å². The molecule has 0 unspecified atom stereocenters. The van der Waals surface area contributed by atoms with Crippen LogP contribution in [0.15, 0.2) is 28.4 Å². The molecule has 0 radical (unpaired) electrons. The van der Waals surface area contributed by atoms with E-state index >= 15 is 0 Å². The lowest BCUT2D eigenvalue weighted by molar-refractivity contribution is 0.0321. The highest BCUT2D eigenvalue weighted by atomic mass is 16.5. The normalized spacial score (nSPS) is 15.5. The highest BCUT2D eigenvalue weighted by Crippen LogP contribution is 2.27. The second-order valence-corrected chi connectivity index (χ2v) is 4.98. The first kappa shape index (κ1) is 17.0. The molecule has 0 spiro atoms. The average molecular weight is 321 g/mol. The number of nitrogens with two attached hydrogens (primary N) is 2. The first-order valence-corrected chi connectivity index (χ1v) is 7.42. The third-order valence-electron chi connectivity index (χ3n) is 3.34. The van der Waals surface area contributed by atoms with Crippen LogP contribution in [0.5, 0.6) is 11.5 Å². The first-order chi connectivity index (χ1) is 11.2. The maximum atomic E-state index is 5.84. The molecule has 0 aliphatic carbocycles. The smallest absolute Gasteiger partial charge is 0.211 e. The van der Waals surface area contributed by atoms with Crippen LogP contribution >= 0.6 is 0 Å². The van der Waals surface area contributed by atoms with Gasteiger partial charge in [-0.15, -0.1) is 5.10 Å². The fraction of sp³-hybridized carbons (Fsp3) is 0.467. The summed E-state index contributed by atoms with van der Waals surface area (Å²) in [6, 6.07) is 5.50. The zero-order chi connectivity index (χ0) is 16.5. The third kappa shape index (κ3) is 5.76. The van der Waals surface area contributed by atoms with Crippen LogP contribution in [0.25, 0.3) is 0 Å². The van der Waals surface area contributed by atoms with Gasteiger partial charge in [0, 0.05) is 19.6 Å². The topological polar surface area (TPSA) is 108 Å². The Labute approximate surface area is 135 Å². The van der Waals surface area contributed by atoms with Gasteiger partial charge < -0.3 is 25.7 Å². The number of morpholine rings is 1. The molecule has 8 nitrogen and oxygen atoms in total. The Balaban J connectivity index is 1.95. The zero-order valence-electron chi connectivity index (χ0n) is 13.3. The van der Waals surface area contributed by atoms with Gasteiger partial charge in [0.25, 0.3) is 0 Å². The second-order valence-electron chi connectivity index (χ2n) is 4.98. The van der Waals surface area contributed by atoms with Gasteiger partial charge >= 0.3 is 0 Å². The third-order valence-corrected chi connectivity index (χ3v) is 3.34. The van der Waals surface area contributed by atoms with Crippen molar-refractivity contribution in [1.82, 2.24) is 4.90 Å². The SMILES string of the molecule is COc1ccc(C=NN=C(N)N)cc1OCCN1CCOCC1. The monoisotopic (exact) mass is 321 g/mol. The van der Waals surface area contributed by atoms with Crippen molar-refractivity contribution >= 4 is 12.2 Å². The number of guanidine groups is 1. The van der Waals surface area contributed by atoms with Gasteiger partial charge in [0.2, 0.25) is 5.96 Å². The van der Waals surface area contributed by atoms with Crippen LogP contribution in [-0.2, 0) is 4.74 Å². The van der Waals surface area contributed by atoms with E-state index in [0.717, 1.165) is 38.4 Å². The highest BCUT2D eigenvalue weighted by molar-refractivity contribution is 5.82. The summed E-state index contributed by atoms with van der Waals surface area (Å²) in [6.07, 6.45) is 1.55. The number of rotatable bonds is 7. The van der Waals surface area contributed by atoms with Crippen molar-refractivity contribution in [3.63, 3.8) is 0 Å². The Morgan fingerprint density at radius 3 is 2.78 bits per heavy atom. The lowest BCUT2D eigenvalue weighted by Gasteiger charge is -2.26. The van der Waals surface area contributed by atoms with E-state index in [4.69, 9.17) is 25.7 Å². The van der Waals surface area contributed by atoms with Crippen molar-refractivity contribution in [1.29, 1.82) is 0 Å². The number of ether oxygens (including phenoxy) is 3. The van der Waals surface area contributed by atoms with Gasteiger partial charge in [-0.1, -0.05) is 0 Å². The number of methoxy groups -OCH3 is 1. The zero-order valence-corrected chi connectivity index (χ0v) is 13.3. The summed E-state index contributed by atoms with van der Waals surface area (Å²) in [7, 11) is 1.61. The van der Waals surface area contributed by atoms with E-state index in [0.29, 0.717) is 18.1 Å². The molecule has 1 fully saturated rings. The second kappa shape index (κ2) is 8.96. The molecular weight excluding hydrogens is 298 g/mol. The van der Waals surface area contributed by atoms with Gasteiger partial charge in [0.05, 0.1) is 26.5 Å². The molecule has 0 saturated carbocycles. The number of hydrogen-bond acceptors (Lipinski definition) is 6. The van der Waals surface area contributed by atoms with Crippen LogP contribution in [0.4, 0.5) is 0 Å². The van der Waals surface area contributed by atoms with E-state index in [-0.39, 0.29) is 5.96 Å². The maximum Gasteiger partial charge on any atom is 0.211 e. The average Bonchev–Trinajstić information content (AvgIpc) is 2.56. The van der Waals surface area contributed by atoms with Crippen LogP contribution < -0.4 is 20.9 Å². The van der Waals surface area contributed by atoms with Gasteiger partial charge in [-0.05, 0) is 23.8 Å². The summed E-state index contributed by atoms with van der Waals surface area (Å²) in [5, 5.41) is 7.35. The van der Waals surface area contributed by atoms with Gasteiger partial charge in [0.1, 0.15) is 6.61 Å². The predicted molar refractivity (Wildman–Crippen MR) is 89.2 cm³/mol. The van der Waals surface area contributed by atoms with Crippen molar-refractivity contribution < 1.29 is 14.2 Å². The minimum atomic E-state index is -0.0863. The molecule has 0 aromatic heterocycles. The molecule has 0 amide bonds. The van der Waals surface area contributed by atoms with E-state index in [1.807, 2.05) is 18.2 Å². The Hall–Kier alpha value is -2.32. The molecule has 1 aliphatic rings. The summed E-state index contributed by atoms with van der Waals surface area (Å²) in [5.74, 6) is 1.25. The minimum Gasteiger partial charge on any atom is -0.493 e. The number of nitrogens with zero attached hydrogens (tertiary/aromatic N) is 3. The van der Waals surface area contributed by atoms with E-state index in [1.165, 1.54) is 0 Å². The van der Waals surface area contributed by atoms with Crippen LogP contribution in [0.3, 0.4) is 0 Å². The summed E-state index contributed by atoms with van der Waals surface area (Å²) in [4.78, 5) is 2.31. The molecule has 0 bridgehead atoms. The summed E-state index contributed by atoms with van der Waals surface area (Å²) in [5.41, 5.74) is 11.3. The molecule has 2 rings (SSSR count). The lowest BCUT2D eigenvalue weighted by Crippen LogP contribution is -2.38. The van der Waals surface area contributed by atoms with Crippen LogP contribution in [-0.4, -0.2) is 63.6 Å². The number of hydrogen-bond donors (Lipinski definition) is 2. The standard InChI is InChI=1S/C15H23N5O3/c1-21-13-3-2-12(11-18-19-15(16)17)10-14(13)23-9-6-20-4-7-22-8-5-20/h2-3,10-11H,4-9H2,1H3,(H4,16,17,19). The highest BCUT2D eigenvalue weighted by Gasteiger charge is 2.11. The molecule has 8 heteroatoms. The molecule has 1 aromatic rings.